The fourth-order valence-electron chi connectivity index (χ4n) is 6.03. The number of aromatic nitrogens is 2. The van der Waals surface area contributed by atoms with Gasteiger partial charge in [0.25, 0.3) is 0 Å². The first-order chi connectivity index (χ1) is 20.5. The summed E-state index contributed by atoms with van der Waals surface area (Å²) in [5.74, 6) is 5.28. The molecule has 0 spiro atoms. The smallest absolute Gasteiger partial charge is 0.232 e. The van der Waals surface area contributed by atoms with E-state index >= 15 is 0 Å². The monoisotopic (exact) mass is 581 g/mol. The molecule has 2 N–H and O–H groups in total. The third-order valence-electron chi connectivity index (χ3n) is 7.99. The fraction of sp³-hybridized carbons (Fsp3) is 0.364. The van der Waals surface area contributed by atoms with Gasteiger partial charge in [0, 0.05) is 56.6 Å². The Morgan fingerprint density at radius 2 is 1.43 bits per heavy atom. The van der Waals surface area contributed by atoms with Crippen LogP contribution in [0.1, 0.15) is 26.0 Å². The molecule has 9 heteroatoms. The Morgan fingerprint density at radius 1 is 0.810 bits per heavy atom. The number of benzene rings is 2. The Kier molecular flexibility index (Phi) is 8.55. The molecule has 2 saturated heterocycles. The van der Waals surface area contributed by atoms with Crippen molar-refractivity contribution in [2.45, 2.75) is 26.8 Å². The summed E-state index contributed by atoms with van der Waals surface area (Å²) in [6.07, 6.45) is 1.24. The number of furan rings is 1. The molecule has 0 aliphatic carbocycles. The Bertz CT molecular complexity index is 1460. The highest BCUT2D eigenvalue weighted by molar-refractivity contribution is 7.80. The van der Waals surface area contributed by atoms with E-state index < -0.39 is 0 Å². The number of nitrogens with zero attached hydrogens (tertiary/aromatic N) is 5. The van der Waals surface area contributed by atoms with Crippen molar-refractivity contribution >= 4 is 40.6 Å². The van der Waals surface area contributed by atoms with Crippen LogP contribution in [0.15, 0.2) is 83.3 Å². The first-order valence-corrected chi connectivity index (χ1v) is 15.3. The van der Waals surface area contributed by atoms with Gasteiger partial charge < -0.3 is 29.8 Å². The van der Waals surface area contributed by atoms with Crippen LogP contribution in [0, 0.1) is 11.8 Å². The molecule has 2 atom stereocenters. The minimum atomic E-state index is 0.463. The van der Waals surface area contributed by atoms with Crippen molar-refractivity contribution in [1.82, 2.24) is 15.3 Å². The average Bonchev–Trinajstić information content (AvgIpc) is 3.50. The normalized spacial score (nSPS) is 19.0. The highest BCUT2D eigenvalue weighted by Gasteiger charge is 2.26. The largest absolute Gasteiger partial charge is 0.459 e. The molecule has 2 fully saturated rings. The Labute approximate surface area is 253 Å². The van der Waals surface area contributed by atoms with E-state index in [9.17, 15) is 0 Å². The van der Waals surface area contributed by atoms with Crippen molar-refractivity contribution in [3.05, 3.63) is 84.6 Å². The first-order valence-electron chi connectivity index (χ1n) is 14.9. The predicted molar refractivity (Wildman–Crippen MR) is 175 cm³/mol. The van der Waals surface area contributed by atoms with Gasteiger partial charge in [-0.25, -0.2) is 0 Å². The van der Waals surface area contributed by atoms with Gasteiger partial charge in [0.05, 0.1) is 6.54 Å². The van der Waals surface area contributed by atoms with Crippen LogP contribution in [0.4, 0.5) is 23.3 Å². The van der Waals surface area contributed by atoms with Gasteiger partial charge in [-0.15, -0.1) is 0 Å². The summed E-state index contributed by atoms with van der Waals surface area (Å²) in [5.41, 5.74) is 2.32. The highest BCUT2D eigenvalue weighted by atomic mass is 32.1. The lowest BCUT2D eigenvalue weighted by Gasteiger charge is -2.38. The second kappa shape index (κ2) is 12.8. The van der Waals surface area contributed by atoms with Gasteiger partial charge in [-0.1, -0.05) is 62.4 Å². The van der Waals surface area contributed by atoms with E-state index in [-0.39, 0.29) is 0 Å². The van der Waals surface area contributed by atoms with Crippen molar-refractivity contribution in [2.24, 2.45) is 11.8 Å². The number of rotatable bonds is 7. The minimum absolute atomic E-state index is 0.463. The van der Waals surface area contributed by atoms with E-state index in [1.807, 2.05) is 42.5 Å². The molecule has 0 unspecified atom stereocenters. The molecule has 8 nitrogen and oxygen atoms in total. The molecule has 4 aromatic rings. The number of hydrogen-bond donors (Lipinski definition) is 2. The Morgan fingerprint density at radius 3 is 2.12 bits per heavy atom. The van der Waals surface area contributed by atoms with Crippen molar-refractivity contribution in [2.75, 3.05) is 59.3 Å². The number of nitrogens with one attached hydrogen (secondary N) is 2. The van der Waals surface area contributed by atoms with Gasteiger partial charge in [0.1, 0.15) is 23.2 Å². The molecular formula is C33H39N7OS. The van der Waals surface area contributed by atoms with E-state index in [0.717, 1.165) is 68.0 Å². The number of piperazine rings is 1. The maximum Gasteiger partial charge on any atom is 0.232 e. The van der Waals surface area contributed by atoms with E-state index in [2.05, 4.69) is 75.6 Å². The van der Waals surface area contributed by atoms with Crippen LogP contribution in [-0.4, -0.2) is 54.3 Å². The van der Waals surface area contributed by atoms with Crippen molar-refractivity contribution in [3.63, 3.8) is 0 Å². The molecule has 0 amide bonds. The summed E-state index contributed by atoms with van der Waals surface area (Å²) in [7, 11) is 0. The van der Waals surface area contributed by atoms with Crippen LogP contribution < -0.4 is 25.3 Å². The van der Waals surface area contributed by atoms with Gasteiger partial charge >= 0.3 is 0 Å². The van der Waals surface area contributed by atoms with Crippen LogP contribution in [0.3, 0.4) is 0 Å². The molecule has 2 aliphatic heterocycles. The molecule has 2 aromatic carbocycles. The van der Waals surface area contributed by atoms with E-state index in [0.29, 0.717) is 29.4 Å². The molecule has 2 aromatic heterocycles. The topological polar surface area (TPSA) is 72.7 Å². The van der Waals surface area contributed by atoms with Crippen molar-refractivity contribution < 1.29 is 4.42 Å². The summed E-state index contributed by atoms with van der Waals surface area (Å²) < 4.78 is 6.03. The van der Waals surface area contributed by atoms with Crippen LogP contribution in [0.25, 0.3) is 11.3 Å². The quantitative estimate of drug-likeness (QED) is 0.255. The van der Waals surface area contributed by atoms with Crippen LogP contribution in [0.5, 0.6) is 0 Å². The summed E-state index contributed by atoms with van der Waals surface area (Å²) in [6.45, 7) is 10.8. The zero-order chi connectivity index (χ0) is 28.9. The zero-order valence-corrected chi connectivity index (χ0v) is 25.2. The molecule has 42 heavy (non-hydrogen) atoms. The maximum atomic E-state index is 6.03. The molecule has 4 heterocycles. The lowest BCUT2D eigenvalue weighted by Crippen LogP contribution is -2.47. The van der Waals surface area contributed by atoms with Crippen LogP contribution >= 0.6 is 12.2 Å². The van der Waals surface area contributed by atoms with E-state index in [1.165, 1.54) is 12.1 Å². The van der Waals surface area contributed by atoms with Gasteiger partial charge in [-0.2, -0.15) is 9.97 Å². The first kappa shape index (κ1) is 28.0. The second-order valence-corrected chi connectivity index (χ2v) is 11.9. The Balaban J connectivity index is 1.15. The summed E-state index contributed by atoms with van der Waals surface area (Å²) in [6, 6.07) is 26.8. The third-order valence-corrected chi connectivity index (χ3v) is 8.23. The average molecular weight is 582 g/mol. The standard InChI is InChI=1S/C33H39N7OS/c1-24-19-25(2)23-40(22-24)31-20-30(39-17-15-38(16-18-39)27-11-7-4-8-12-27)35-32(36-31)37-33(42)34-21-28-13-14-29(41-28)26-9-5-3-6-10-26/h3-14,20,24-25H,15-19,21-23H2,1-2H3,(H2,34,35,36,37,42)/t24-,25-/m0/s1. The number of hydrogen-bond acceptors (Lipinski definition) is 7. The summed E-state index contributed by atoms with van der Waals surface area (Å²) in [4.78, 5) is 17.1. The number of thiocarbonyl (C=S) groups is 1. The third kappa shape index (κ3) is 6.85. The molecule has 6 rings (SSSR count). The van der Waals surface area contributed by atoms with E-state index in [4.69, 9.17) is 26.6 Å². The lowest BCUT2D eigenvalue weighted by atomic mass is 9.92. The molecule has 218 valence electrons. The fourth-order valence-corrected chi connectivity index (χ4v) is 6.19. The van der Waals surface area contributed by atoms with Gasteiger partial charge in [-0.3, -0.25) is 0 Å². The molecular weight excluding hydrogens is 542 g/mol. The minimum Gasteiger partial charge on any atom is -0.459 e. The van der Waals surface area contributed by atoms with Gasteiger partial charge in [0.2, 0.25) is 5.95 Å². The van der Waals surface area contributed by atoms with Crippen molar-refractivity contribution in [3.8, 4) is 11.3 Å². The summed E-state index contributed by atoms with van der Waals surface area (Å²) in [5, 5.41) is 6.98. The zero-order valence-electron chi connectivity index (χ0n) is 24.4. The van der Waals surface area contributed by atoms with Crippen LogP contribution in [0.2, 0.25) is 0 Å². The van der Waals surface area contributed by atoms with Crippen molar-refractivity contribution in [1.29, 1.82) is 0 Å². The molecule has 2 aliphatic rings. The molecule has 0 radical (unpaired) electrons. The summed E-state index contributed by atoms with van der Waals surface area (Å²) >= 11 is 5.66. The molecule has 0 saturated carbocycles. The SMILES string of the molecule is C[C@H]1C[C@H](C)CN(c2cc(N3CCN(c4ccccc4)CC3)nc(NC(=S)NCc3ccc(-c4ccccc4)o3)n2)C1. The Hall–Kier alpha value is -4.11. The van der Waals surface area contributed by atoms with Gasteiger partial charge in [-0.05, 0) is 54.7 Å². The highest BCUT2D eigenvalue weighted by Crippen LogP contribution is 2.29. The maximum absolute atomic E-state index is 6.03. The van der Waals surface area contributed by atoms with E-state index in [1.54, 1.807) is 0 Å². The number of para-hydroxylation sites is 1. The number of piperidine rings is 1. The number of anilines is 4. The van der Waals surface area contributed by atoms with Gasteiger partial charge in [0.15, 0.2) is 5.11 Å². The molecule has 0 bridgehead atoms. The lowest BCUT2D eigenvalue weighted by molar-refractivity contribution is 0.355. The second-order valence-electron chi connectivity index (χ2n) is 11.5. The predicted octanol–water partition coefficient (Wildman–Crippen LogP) is 6.03. The van der Waals surface area contributed by atoms with Crippen LogP contribution in [-0.2, 0) is 6.54 Å².